The average molecular weight is 370 g/mol. The van der Waals surface area contributed by atoms with Crippen molar-refractivity contribution in [1.82, 2.24) is 5.32 Å². The molecule has 2 amide bonds. The average Bonchev–Trinajstić information content (AvgIpc) is 3.05. The van der Waals surface area contributed by atoms with Crippen molar-refractivity contribution in [3.05, 3.63) is 59.9 Å². The molecule has 0 aliphatic carbocycles. The number of rotatable bonds is 3. The zero-order valence-electron chi connectivity index (χ0n) is 14.2. The van der Waals surface area contributed by atoms with Gasteiger partial charge >= 0.3 is 0 Å². The molecule has 0 spiro atoms. The number of carbonyl (C=O) groups excluding carboxylic acids is 2. The predicted octanol–water partition coefficient (Wildman–Crippen LogP) is 3.53. The predicted molar refractivity (Wildman–Crippen MR) is 99.5 cm³/mol. The number of anilines is 1. The minimum atomic E-state index is -0.380. The van der Waals surface area contributed by atoms with Crippen LogP contribution in [0.5, 0.6) is 0 Å². The minimum Gasteiger partial charge on any atom is -0.349 e. The molecule has 2 aliphatic rings. The first kappa shape index (κ1) is 17.1. The van der Waals surface area contributed by atoms with E-state index < -0.39 is 0 Å². The van der Waals surface area contributed by atoms with E-state index in [2.05, 4.69) is 5.32 Å². The molecule has 2 aromatic carbocycles. The van der Waals surface area contributed by atoms with Crippen molar-refractivity contribution < 1.29 is 14.0 Å². The molecule has 1 fully saturated rings. The van der Waals surface area contributed by atoms with Crippen LogP contribution >= 0.6 is 11.8 Å². The summed E-state index contributed by atoms with van der Waals surface area (Å²) in [6, 6.07) is 13.9. The van der Waals surface area contributed by atoms with Crippen LogP contribution in [0.15, 0.2) is 53.4 Å². The lowest BCUT2D eigenvalue weighted by molar-refractivity contribution is -0.127. The number of amides is 2. The molecule has 26 heavy (non-hydrogen) atoms. The van der Waals surface area contributed by atoms with E-state index in [0.29, 0.717) is 6.54 Å². The Balaban J connectivity index is 1.47. The van der Waals surface area contributed by atoms with Gasteiger partial charge in [-0.15, -0.1) is 11.8 Å². The SMILES string of the molecule is O=C(NC1CCSc2ccc(F)cc21)C1CC(=O)N(c2ccccc2)C1. The number of para-hydroxylation sites is 1. The molecule has 0 saturated carbocycles. The Morgan fingerprint density at radius 3 is 2.81 bits per heavy atom. The van der Waals surface area contributed by atoms with Crippen LogP contribution in [0.3, 0.4) is 0 Å². The van der Waals surface area contributed by atoms with Gasteiger partial charge in [0.25, 0.3) is 0 Å². The summed E-state index contributed by atoms with van der Waals surface area (Å²) in [4.78, 5) is 27.7. The Morgan fingerprint density at radius 1 is 1.19 bits per heavy atom. The second-order valence-corrected chi connectivity index (χ2v) is 7.76. The quantitative estimate of drug-likeness (QED) is 0.899. The second kappa shape index (κ2) is 7.11. The molecule has 0 bridgehead atoms. The molecule has 2 atom stereocenters. The van der Waals surface area contributed by atoms with E-state index in [9.17, 15) is 14.0 Å². The Labute approximate surface area is 155 Å². The molecule has 2 heterocycles. The largest absolute Gasteiger partial charge is 0.349 e. The van der Waals surface area contributed by atoms with Crippen LogP contribution in [0.4, 0.5) is 10.1 Å². The smallest absolute Gasteiger partial charge is 0.227 e. The molecule has 2 unspecified atom stereocenters. The van der Waals surface area contributed by atoms with Gasteiger partial charge in [-0.1, -0.05) is 18.2 Å². The van der Waals surface area contributed by atoms with Gasteiger partial charge in [-0.25, -0.2) is 4.39 Å². The fourth-order valence-corrected chi connectivity index (χ4v) is 4.65. The number of benzene rings is 2. The van der Waals surface area contributed by atoms with Gasteiger partial charge in [0.15, 0.2) is 0 Å². The summed E-state index contributed by atoms with van der Waals surface area (Å²) in [5, 5.41) is 3.04. The number of nitrogens with one attached hydrogen (secondary N) is 1. The van der Waals surface area contributed by atoms with Crippen molar-refractivity contribution in [3.63, 3.8) is 0 Å². The van der Waals surface area contributed by atoms with E-state index in [1.165, 1.54) is 12.1 Å². The highest BCUT2D eigenvalue weighted by molar-refractivity contribution is 7.99. The van der Waals surface area contributed by atoms with Crippen molar-refractivity contribution in [2.24, 2.45) is 5.92 Å². The van der Waals surface area contributed by atoms with Crippen LogP contribution in [-0.4, -0.2) is 24.1 Å². The maximum Gasteiger partial charge on any atom is 0.227 e. The van der Waals surface area contributed by atoms with E-state index in [-0.39, 0.29) is 36.0 Å². The summed E-state index contributed by atoms with van der Waals surface area (Å²) < 4.78 is 13.6. The van der Waals surface area contributed by atoms with E-state index in [4.69, 9.17) is 0 Å². The third kappa shape index (κ3) is 3.33. The molecule has 4 rings (SSSR count). The third-order valence-corrected chi connectivity index (χ3v) is 6.01. The number of hydrogen-bond donors (Lipinski definition) is 1. The van der Waals surface area contributed by atoms with Crippen molar-refractivity contribution in [1.29, 1.82) is 0 Å². The zero-order valence-corrected chi connectivity index (χ0v) is 15.0. The first-order valence-electron chi connectivity index (χ1n) is 8.70. The van der Waals surface area contributed by atoms with Crippen LogP contribution in [0.25, 0.3) is 0 Å². The molecule has 4 nitrogen and oxygen atoms in total. The normalized spacial score (nSPS) is 22.2. The maximum atomic E-state index is 13.6. The van der Waals surface area contributed by atoms with Gasteiger partial charge in [-0.05, 0) is 42.3 Å². The van der Waals surface area contributed by atoms with E-state index >= 15 is 0 Å². The fourth-order valence-electron chi connectivity index (χ4n) is 3.55. The summed E-state index contributed by atoms with van der Waals surface area (Å²) in [5.41, 5.74) is 1.65. The number of carbonyl (C=O) groups is 2. The summed E-state index contributed by atoms with van der Waals surface area (Å²) in [5.74, 6) is 0.0283. The van der Waals surface area contributed by atoms with Crippen molar-refractivity contribution in [3.8, 4) is 0 Å². The number of hydrogen-bond acceptors (Lipinski definition) is 3. The number of nitrogens with zero attached hydrogens (tertiary/aromatic N) is 1. The van der Waals surface area contributed by atoms with E-state index in [1.54, 1.807) is 22.7 Å². The molecule has 134 valence electrons. The highest BCUT2D eigenvalue weighted by atomic mass is 32.2. The highest BCUT2D eigenvalue weighted by Crippen LogP contribution is 2.37. The van der Waals surface area contributed by atoms with E-state index in [0.717, 1.165) is 28.3 Å². The van der Waals surface area contributed by atoms with Gasteiger partial charge < -0.3 is 10.2 Å². The van der Waals surface area contributed by atoms with Crippen molar-refractivity contribution in [2.45, 2.75) is 23.8 Å². The molecular weight excluding hydrogens is 351 g/mol. The lowest BCUT2D eigenvalue weighted by atomic mass is 10.0. The van der Waals surface area contributed by atoms with Crippen molar-refractivity contribution >= 4 is 29.3 Å². The minimum absolute atomic E-state index is 0.0398. The van der Waals surface area contributed by atoms with Crippen LogP contribution in [0.1, 0.15) is 24.4 Å². The van der Waals surface area contributed by atoms with Gasteiger partial charge in [0.2, 0.25) is 11.8 Å². The number of halogens is 1. The van der Waals surface area contributed by atoms with Gasteiger partial charge in [-0.3, -0.25) is 9.59 Å². The summed E-state index contributed by atoms with van der Waals surface area (Å²) in [6.07, 6.45) is 0.966. The number of fused-ring (bicyclic) bond motifs is 1. The maximum absolute atomic E-state index is 13.6. The van der Waals surface area contributed by atoms with Gasteiger partial charge in [0.1, 0.15) is 5.82 Å². The number of thioether (sulfide) groups is 1. The molecule has 0 aromatic heterocycles. The van der Waals surface area contributed by atoms with Crippen LogP contribution in [0.2, 0.25) is 0 Å². The molecule has 0 radical (unpaired) electrons. The zero-order chi connectivity index (χ0) is 18.1. The third-order valence-electron chi connectivity index (χ3n) is 4.89. The Kier molecular flexibility index (Phi) is 4.68. The van der Waals surface area contributed by atoms with Crippen molar-refractivity contribution in [2.75, 3.05) is 17.2 Å². The summed E-state index contributed by atoms with van der Waals surface area (Å²) >= 11 is 1.68. The fraction of sp³-hybridized carbons (Fsp3) is 0.300. The lowest BCUT2D eigenvalue weighted by Crippen LogP contribution is -2.36. The van der Waals surface area contributed by atoms with E-state index in [1.807, 2.05) is 30.3 Å². The van der Waals surface area contributed by atoms with Gasteiger partial charge in [0.05, 0.1) is 12.0 Å². The topological polar surface area (TPSA) is 49.4 Å². The second-order valence-electron chi connectivity index (χ2n) is 6.62. The molecule has 1 N–H and O–H groups in total. The first-order chi connectivity index (χ1) is 12.6. The monoisotopic (exact) mass is 370 g/mol. The summed E-state index contributed by atoms with van der Waals surface area (Å²) in [7, 11) is 0. The molecule has 2 aliphatic heterocycles. The van der Waals surface area contributed by atoms with Crippen LogP contribution in [0, 0.1) is 11.7 Å². The molecular formula is C20H19FN2O2S. The van der Waals surface area contributed by atoms with Gasteiger partial charge in [0, 0.05) is 29.3 Å². The Morgan fingerprint density at radius 2 is 2.00 bits per heavy atom. The van der Waals surface area contributed by atoms with Crippen LogP contribution in [-0.2, 0) is 9.59 Å². The Hall–Kier alpha value is -2.34. The van der Waals surface area contributed by atoms with Gasteiger partial charge in [-0.2, -0.15) is 0 Å². The first-order valence-corrected chi connectivity index (χ1v) is 9.68. The highest BCUT2D eigenvalue weighted by Gasteiger charge is 2.36. The lowest BCUT2D eigenvalue weighted by Gasteiger charge is -2.27. The summed E-state index contributed by atoms with van der Waals surface area (Å²) in [6.45, 7) is 0.381. The molecule has 6 heteroatoms. The van der Waals surface area contributed by atoms with Crippen LogP contribution < -0.4 is 10.2 Å². The standard InChI is InChI=1S/C20H19FN2O2S/c21-14-6-7-18-16(11-14)17(8-9-26-18)22-20(25)13-10-19(24)23(12-13)15-4-2-1-3-5-15/h1-7,11,13,17H,8-10,12H2,(H,22,25). The Bertz CT molecular complexity index is 843. The molecule has 1 saturated heterocycles. The molecule has 2 aromatic rings.